The van der Waals surface area contributed by atoms with E-state index in [1.54, 1.807) is 11.9 Å². The fourth-order valence-corrected chi connectivity index (χ4v) is 3.30. The zero-order valence-electron chi connectivity index (χ0n) is 18.3. The molecular formula is C24H33N3O2. The minimum atomic E-state index is -0.113. The molecule has 0 saturated heterocycles. The van der Waals surface area contributed by atoms with Crippen molar-refractivity contribution in [2.24, 2.45) is 0 Å². The molecule has 0 bridgehead atoms. The van der Waals surface area contributed by atoms with E-state index in [2.05, 4.69) is 43.4 Å². The van der Waals surface area contributed by atoms with Crippen molar-refractivity contribution in [3.05, 3.63) is 64.7 Å². The Morgan fingerprint density at radius 3 is 2.14 bits per heavy atom. The van der Waals surface area contributed by atoms with E-state index in [0.717, 1.165) is 28.8 Å². The minimum absolute atomic E-state index is 0.0368. The average molecular weight is 396 g/mol. The maximum absolute atomic E-state index is 12.8. The number of hydrogen-bond acceptors (Lipinski definition) is 3. The van der Waals surface area contributed by atoms with Crippen LogP contribution in [0.25, 0.3) is 0 Å². The molecule has 0 fully saturated rings. The van der Waals surface area contributed by atoms with Gasteiger partial charge in [0.05, 0.1) is 13.1 Å². The lowest BCUT2D eigenvalue weighted by atomic mass is 10.1. The topological polar surface area (TPSA) is 52.7 Å². The monoisotopic (exact) mass is 395 g/mol. The second-order valence-corrected chi connectivity index (χ2v) is 7.79. The first-order valence-corrected chi connectivity index (χ1v) is 10.2. The van der Waals surface area contributed by atoms with E-state index in [9.17, 15) is 9.59 Å². The maximum atomic E-state index is 12.8. The Morgan fingerprint density at radius 2 is 1.55 bits per heavy atom. The van der Waals surface area contributed by atoms with Gasteiger partial charge >= 0.3 is 0 Å². The molecule has 0 saturated carbocycles. The summed E-state index contributed by atoms with van der Waals surface area (Å²) in [6.45, 7) is 9.75. The molecule has 2 amide bonds. The van der Waals surface area contributed by atoms with Gasteiger partial charge in [-0.15, -0.1) is 0 Å². The number of carbonyl (C=O) groups is 2. The van der Waals surface area contributed by atoms with Gasteiger partial charge in [0, 0.05) is 18.8 Å². The van der Waals surface area contributed by atoms with E-state index in [0.29, 0.717) is 13.1 Å². The molecule has 2 rings (SSSR count). The molecule has 2 aromatic rings. The summed E-state index contributed by atoms with van der Waals surface area (Å²) >= 11 is 0. The van der Waals surface area contributed by atoms with Crippen LogP contribution in [0.15, 0.2) is 42.5 Å². The van der Waals surface area contributed by atoms with Gasteiger partial charge in [-0.1, -0.05) is 55.0 Å². The van der Waals surface area contributed by atoms with Gasteiger partial charge in [0.1, 0.15) is 0 Å². The van der Waals surface area contributed by atoms with Crippen molar-refractivity contribution in [1.29, 1.82) is 0 Å². The number of hydrogen-bond donors (Lipinski definition) is 1. The van der Waals surface area contributed by atoms with E-state index < -0.39 is 0 Å². The Morgan fingerprint density at radius 1 is 0.931 bits per heavy atom. The van der Waals surface area contributed by atoms with Crippen LogP contribution in [0.1, 0.15) is 35.6 Å². The standard InChI is InChI=1S/C24H33N3O2/c1-6-14-27(15-21-12-10-18(2)11-13-21)23(29)17-26(5)16-22(28)25-24-19(3)8-7-9-20(24)4/h7-13H,6,14-17H2,1-5H3,(H,25,28). The fraction of sp³-hybridized carbons (Fsp3) is 0.417. The van der Waals surface area contributed by atoms with Crippen molar-refractivity contribution in [3.63, 3.8) is 0 Å². The number of para-hydroxylation sites is 1. The lowest BCUT2D eigenvalue weighted by molar-refractivity contribution is -0.133. The number of nitrogens with zero attached hydrogens (tertiary/aromatic N) is 2. The maximum Gasteiger partial charge on any atom is 0.238 e. The largest absolute Gasteiger partial charge is 0.337 e. The molecule has 0 aliphatic rings. The highest BCUT2D eigenvalue weighted by Crippen LogP contribution is 2.19. The number of likely N-dealkylation sites (N-methyl/N-ethyl adjacent to an activating group) is 1. The molecule has 0 spiro atoms. The normalized spacial score (nSPS) is 10.8. The number of aryl methyl sites for hydroxylation is 3. The van der Waals surface area contributed by atoms with Gasteiger partial charge in [0.25, 0.3) is 0 Å². The number of benzene rings is 2. The van der Waals surface area contributed by atoms with Crippen molar-refractivity contribution in [2.45, 2.75) is 40.7 Å². The van der Waals surface area contributed by atoms with Crippen LogP contribution in [-0.2, 0) is 16.1 Å². The van der Waals surface area contributed by atoms with E-state index in [1.165, 1.54) is 5.56 Å². The van der Waals surface area contributed by atoms with E-state index in [-0.39, 0.29) is 24.9 Å². The van der Waals surface area contributed by atoms with E-state index in [4.69, 9.17) is 0 Å². The molecule has 5 nitrogen and oxygen atoms in total. The molecule has 29 heavy (non-hydrogen) atoms. The summed E-state index contributed by atoms with van der Waals surface area (Å²) in [6, 6.07) is 14.2. The minimum Gasteiger partial charge on any atom is -0.337 e. The summed E-state index contributed by atoms with van der Waals surface area (Å²) in [5, 5.41) is 2.98. The zero-order valence-corrected chi connectivity index (χ0v) is 18.3. The first-order valence-electron chi connectivity index (χ1n) is 10.2. The highest BCUT2D eigenvalue weighted by atomic mass is 16.2. The smallest absolute Gasteiger partial charge is 0.238 e. The van der Waals surface area contributed by atoms with E-state index >= 15 is 0 Å². The first kappa shape index (κ1) is 22.6. The molecular weight excluding hydrogens is 362 g/mol. The summed E-state index contributed by atoms with van der Waals surface area (Å²) in [5.74, 6) is -0.0759. The van der Waals surface area contributed by atoms with Gasteiger partial charge in [-0.25, -0.2) is 0 Å². The van der Waals surface area contributed by atoms with Crippen LogP contribution in [-0.4, -0.2) is 48.3 Å². The molecule has 0 atom stereocenters. The van der Waals surface area contributed by atoms with Crippen LogP contribution >= 0.6 is 0 Å². The van der Waals surface area contributed by atoms with E-state index in [1.807, 2.05) is 36.9 Å². The van der Waals surface area contributed by atoms with Crippen LogP contribution in [0.5, 0.6) is 0 Å². The van der Waals surface area contributed by atoms with Crippen LogP contribution in [0.4, 0.5) is 5.69 Å². The van der Waals surface area contributed by atoms with Crippen molar-refractivity contribution in [3.8, 4) is 0 Å². The second kappa shape index (κ2) is 10.8. The Kier molecular flexibility index (Phi) is 8.40. The SMILES string of the molecule is CCCN(Cc1ccc(C)cc1)C(=O)CN(C)CC(=O)Nc1c(C)cccc1C. The average Bonchev–Trinajstić information content (AvgIpc) is 2.66. The van der Waals surface area contributed by atoms with Crippen LogP contribution in [0.2, 0.25) is 0 Å². The molecule has 0 aromatic heterocycles. The third kappa shape index (κ3) is 7.02. The summed E-state index contributed by atoms with van der Waals surface area (Å²) in [5.41, 5.74) is 5.24. The Bertz CT molecular complexity index is 810. The van der Waals surface area contributed by atoms with Crippen molar-refractivity contribution in [1.82, 2.24) is 9.80 Å². The zero-order chi connectivity index (χ0) is 21.4. The molecule has 0 aliphatic heterocycles. The van der Waals surface area contributed by atoms with Gasteiger partial charge in [-0.3, -0.25) is 14.5 Å². The molecule has 0 heterocycles. The Hall–Kier alpha value is -2.66. The number of nitrogens with one attached hydrogen (secondary N) is 1. The summed E-state index contributed by atoms with van der Waals surface area (Å²) in [7, 11) is 1.80. The molecule has 2 aromatic carbocycles. The highest BCUT2D eigenvalue weighted by molar-refractivity contribution is 5.94. The summed E-state index contributed by atoms with van der Waals surface area (Å²) in [4.78, 5) is 28.9. The molecule has 5 heteroatoms. The van der Waals surface area contributed by atoms with Gasteiger partial charge in [-0.2, -0.15) is 0 Å². The van der Waals surface area contributed by atoms with Crippen molar-refractivity contribution in [2.75, 3.05) is 32.0 Å². The van der Waals surface area contributed by atoms with Gasteiger partial charge in [0.2, 0.25) is 11.8 Å². The number of amides is 2. The van der Waals surface area contributed by atoms with Crippen molar-refractivity contribution >= 4 is 17.5 Å². The number of carbonyl (C=O) groups excluding carboxylic acids is 2. The highest BCUT2D eigenvalue weighted by Gasteiger charge is 2.17. The van der Waals surface area contributed by atoms with Gasteiger partial charge in [-0.05, 0) is 50.9 Å². The summed E-state index contributed by atoms with van der Waals surface area (Å²) in [6.07, 6.45) is 0.897. The first-order chi connectivity index (χ1) is 13.8. The molecule has 1 N–H and O–H groups in total. The van der Waals surface area contributed by atoms with Gasteiger partial charge in [0.15, 0.2) is 0 Å². The van der Waals surface area contributed by atoms with Crippen LogP contribution in [0.3, 0.4) is 0 Å². The lowest BCUT2D eigenvalue weighted by Crippen LogP contribution is -2.41. The summed E-state index contributed by atoms with van der Waals surface area (Å²) < 4.78 is 0. The Balaban J connectivity index is 1.92. The van der Waals surface area contributed by atoms with Gasteiger partial charge < -0.3 is 10.2 Å². The second-order valence-electron chi connectivity index (χ2n) is 7.79. The predicted molar refractivity (Wildman–Crippen MR) is 119 cm³/mol. The third-order valence-corrected chi connectivity index (χ3v) is 4.90. The molecule has 156 valence electrons. The van der Waals surface area contributed by atoms with Crippen LogP contribution in [0, 0.1) is 20.8 Å². The quantitative estimate of drug-likeness (QED) is 0.700. The lowest BCUT2D eigenvalue weighted by Gasteiger charge is -2.25. The number of anilines is 1. The Labute approximate surface area is 174 Å². The van der Waals surface area contributed by atoms with Crippen LogP contribution < -0.4 is 5.32 Å². The molecule has 0 radical (unpaired) electrons. The predicted octanol–water partition coefficient (Wildman–Crippen LogP) is 3.92. The van der Waals surface area contributed by atoms with Crippen molar-refractivity contribution < 1.29 is 9.59 Å². The molecule has 0 unspecified atom stereocenters. The third-order valence-electron chi connectivity index (χ3n) is 4.90. The molecule has 0 aliphatic carbocycles. The number of rotatable bonds is 9. The fourth-order valence-electron chi connectivity index (χ4n) is 3.30.